The lowest BCUT2D eigenvalue weighted by atomic mass is 10.2. The first-order valence-electron chi connectivity index (χ1n) is 5.63. The molecule has 0 unspecified atom stereocenters. The predicted octanol–water partition coefficient (Wildman–Crippen LogP) is 3.88. The molecular weight excluding hydrogens is 378 g/mol. The highest BCUT2D eigenvalue weighted by Gasteiger charge is 2.10. The van der Waals surface area contributed by atoms with Gasteiger partial charge in [0.15, 0.2) is 0 Å². The number of nitrogens with zero attached hydrogens (tertiary/aromatic N) is 2. The first-order chi connectivity index (χ1) is 8.70. The van der Waals surface area contributed by atoms with Crippen LogP contribution < -0.4 is 5.32 Å². The third-order valence-electron chi connectivity index (χ3n) is 2.44. The van der Waals surface area contributed by atoms with E-state index in [1.54, 1.807) is 11.3 Å². The summed E-state index contributed by atoms with van der Waals surface area (Å²) in [4.78, 5) is 0. The molecule has 0 spiro atoms. The van der Waals surface area contributed by atoms with E-state index in [0.717, 1.165) is 43.9 Å². The Bertz CT molecular complexity index is 528. The molecule has 1 N–H and O–H groups in total. The Hall–Kier alpha value is -0.300. The lowest BCUT2D eigenvalue weighted by Crippen LogP contribution is -2.08. The highest BCUT2D eigenvalue weighted by molar-refractivity contribution is 9.11. The fraction of sp³-hybridized carbons (Fsp3) is 0.333. The van der Waals surface area contributed by atoms with Gasteiger partial charge in [0.1, 0.15) is 10.0 Å². The molecule has 1 heterocycles. The van der Waals surface area contributed by atoms with Gasteiger partial charge in [0, 0.05) is 20.9 Å². The summed E-state index contributed by atoms with van der Waals surface area (Å²) in [5.74, 6) is 0. The average Bonchev–Trinajstić information content (AvgIpc) is 2.81. The molecular formula is C12H13Br2N3S. The molecule has 96 valence electrons. The summed E-state index contributed by atoms with van der Waals surface area (Å²) in [7, 11) is 1.96. The largest absolute Gasteiger partial charge is 0.320 e. The highest BCUT2D eigenvalue weighted by Crippen LogP contribution is 2.32. The van der Waals surface area contributed by atoms with E-state index in [1.165, 1.54) is 0 Å². The Morgan fingerprint density at radius 2 is 2.11 bits per heavy atom. The van der Waals surface area contributed by atoms with Crippen molar-refractivity contribution in [3.05, 3.63) is 32.2 Å². The second-order valence-corrected chi connectivity index (χ2v) is 6.66. The van der Waals surface area contributed by atoms with Crippen LogP contribution in [0.1, 0.15) is 11.4 Å². The van der Waals surface area contributed by atoms with Crippen LogP contribution in [0.3, 0.4) is 0 Å². The number of hydrogen-bond donors (Lipinski definition) is 1. The van der Waals surface area contributed by atoms with Gasteiger partial charge in [-0.1, -0.05) is 43.2 Å². The third-order valence-corrected chi connectivity index (χ3v) is 4.64. The number of benzene rings is 1. The molecule has 3 nitrogen and oxygen atoms in total. The molecule has 18 heavy (non-hydrogen) atoms. The fourth-order valence-corrected chi connectivity index (χ4v) is 3.38. The van der Waals surface area contributed by atoms with E-state index in [4.69, 9.17) is 0 Å². The average molecular weight is 391 g/mol. The van der Waals surface area contributed by atoms with Crippen LogP contribution >= 0.6 is 43.2 Å². The van der Waals surface area contributed by atoms with E-state index in [2.05, 4.69) is 53.4 Å². The van der Waals surface area contributed by atoms with E-state index in [1.807, 2.05) is 19.2 Å². The molecule has 2 aromatic rings. The van der Waals surface area contributed by atoms with Gasteiger partial charge in [-0.05, 0) is 38.2 Å². The van der Waals surface area contributed by atoms with Gasteiger partial charge in [0.2, 0.25) is 0 Å². The molecule has 0 bridgehead atoms. The van der Waals surface area contributed by atoms with Gasteiger partial charge in [-0.25, -0.2) is 0 Å². The minimum absolute atomic E-state index is 0.961. The van der Waals surface area contributed by atoms with Gasteiger partial charge in [-0.3, -0.25) is 0 Å². The minimum Gasteiger partial charge on any atom is -0.320 e. The first kappa shape index (κ1) is 14.1. The molecule has 0 aliphatic rings. The summed E-state index contributed by atoms with van der Waals surface area (Å²) in [5.41, 5.74) is 1.08. The first-order valence-corrected chi connectivity index (χ1v) is 8.03. The molecule has 0 atom stereocenters. The molecule has 0 fully saturated rings. The van der Waals surface area contributed by atoms with Gasteiger partial charge in [-0.2, -0.15) is 0 Å². The standard InChI is InChI=1S/C12H13Br2N3S/c1-15-6-2-3-11-16-17-12(18-11)9-7-8(13)4-5-10(9)14/h4-5,7,15H,2-3,6H2,1H3. The summed E-state index contributed by atoms with van der Waals surface area (Å²) in [6.45, 7) is 1.01. The monoisotopic (exact) mass is 389 g/mol. The van der Waals surface area contributed by atoms with Crippen molar-refractivity contribution in [2.45, 2.75) is 12.8 Å². The smallest absolute Gasteiger partial charge is 0.148 e. The van der Waals surface area contributed by atoms with Crippen LogP contribution in [0.15, 0.2) is 27.1 Å². The SMILES string of the molecule is CNCCCc1nnc(-c2cc(Br)ccc2Br)s1. The zero-order chi connectivity index (χ0) is 13.0. The van der Waals surface area contributed by atoms with E-state index in [-0.39, 0.29) is 0 Å². The van der Waals surface area contributed by atoms with Crippen LogP contribution in [-0.2, 0) is 6.42 Å². The summed E-state index contributed by atoms with van der Waals surface area (Å²) >= 11 is 8.69. The molecule has 0 aliphatic heterocycles. The molecule has 0 saturated carbocycles. The summed E-state index contributed by atoms with van der Waals surface area (Å²) in [6, 6.07) is 6.08. The number of hydrogen-bond acceptors (Lipinski definition) is 4. The maximum atomic E-state index is 4.26. The van der Waals surface area contributed by atoms with Crippen molar-refractivity contribution in [2.75, 3.05) is 13.6 Å². The van der Waals surface area contributed by atoms with E-state index >= 15 is 0 Å². The van der Waals surface area contributed by atoms with E-state index in [9.17, 15) is 0 Å². The fourth-order valence-electron chi connectivity index (χ4n) is 1.54. The Morgan fingerprint density at radius 3 is 2.89 bits per heavy atom. The van der Waals surface area contributed by atoms with Crippen LogP contribution in [0.5, 0.6) is 0 Å². The normalized spacial score (nSPS) is 10.8. The molecule has 1 aromatic heterocycles. The van der Waals surface area contributed by atoms with Crippen LogP contribution in [0.2, 0.25) is 0 Å². The van der Waals surface area contributed by atoms with Crippen molar-refractivity contribution in [1.82, 2.24) is 15.5 Å². The number of halogens is 2. The molecule has 0 amide bonds. The van der Waals surface area contributed by atoms with Gasteiger partial charge >= 0.3 is 0 Å². The number of rotatable bonds is 5. The quantitative estimate of drug-likeness (QED) is 0.787. The lowest BCUT2D eigenvalue weighted by molar-refractivity contribution is 0.718. The zero-order valence-corrected chi connectivity index (χ0v) is 13.9. The van der Waals surface area contributed by atoms with Crippen molar-refractivity contribution >= 4 is 43.2 Å². The second-order valence-electron chi connectivity index (χ2n) is 3.83. The Kier molecular flexibility index (Phi) is 5.29. The maximum Gasteiger partial charge on any atom is 0.148 e. The van der Waals surface area contributed by atoms with Crippen molar-refractivity contribution in [3.8, 4) is 10.6 Å². The lowest BCUT2D eigenvalue weighted by Gasteiger charge is -2.00. The number of aromatic nitrogens is 2. The molecule has 0 radical (unpaired) electrons. The third kappa shape index (κ3) is 3.60. The van der Waals surface area contributed by atoms with E-state index in [0.29, 0.717) is 0 Å². The van der Waals surface area contributed by atoms with Gasteiger partial charge in [0.25, 0.3) is 0 Å². The Balaban J connectivity index is 2.16. The van der Waals surface area contributed by atoms with Crippen LogP contribution in [-0.4, -0.2) is 23.8 Å². The number of nitrogens with one attached hydrogen (secondary N) is 1. The minimum atomic E-state index is 0.961. The summed E-state index contributed by atoms with van der Waals surface area (Å²) in [6.07, 6.45) is 2.06. The Labute approximate surface area is 127 Å². The number of aryl methyl sites for hydroxylation is 1. The van der Waals surface area contributed by atoms with Crippen molar-refractivity contribution < 1.29 is 0 Å². The zero-order valence-electron chi connectivity index (χ0n) is 9.91. The van der Waals surface area contributed by atoms with E-state index < -0.39 is 0 Å². The van der Waals surface area contributed by atoms with Crippen LogP contribution in [0, 0.1) is 0 Å². The van der Waals surface area contributed by atoms with Gasteiger partial charge < -0.3 is 5.32 Å². The Morgan fingerprint density at radius 1 is 1.28 bits per heavy atom. The van der Waals surface area contributed by atoms with Crippen LogP contribution in [0.25, 0.3) is 10.6 Å². The van der Waals surface area contributed by atoms with Gasteiger partial charge in [0.05, 0.1) is 0 Å². The molecule has 1 aromatic carbocycles. The van der Waals surface area contributed by atoms with Gasteiger partial charge in [-0.15, -0.1) is 10.2 Å². The molecule has 6 heteroatoms. The predicted molar refractivity (Wildman–Crippen MR) is 83.0 cm³/mol. The van der Waals surface area contributed by atoms with Crippen molar-refractivity contribution in [2.24, 2.45) is 0 Å². The highest BCUT2D eigenvalue weighted by atomic mass is 79.9. The van der Waals surface area contributed by atoms with Crippen LogP contribution in [0.4, 0.5) is 0 Å². The summed E-state index contributed by atoms with van der Waals surface area (Å²) < 4.78 is 2.09. The topological polar surface area (TPSA) is 37.8 Å². The maximum absolute atomic E-state index is 4.26. The molecule has 2 rings (SSSR count). The van der Waals surface area contributed by atoms with Crippen molar-refractivity contribution in [1.29, 1.82) is 0 Å². The molecule has 0 saturated heterocycles. The van der Waals surface area contributed by atoms with Crippen molar-refractivity contribution in [3.63, 3.8) is 0 Å². The second kappa shape index (κ2) is 6.75. The molecule has 0 aliphatic carbocycles. The summed E-state index contributed by atoms with van der Waals surface area (Å²) in [5, 5.41) is 13.7.